The molecule has 1 fully saturated rings. The van der Waals surface area contributed by atoms with Gasteiger partial charge in [0.1, 0.15) is 0 Å². The summed E-state index contributed by atoms with van der Waals surface area (Å²) in [6.45, 7) is 7.96. The normalized spacial score (nSPS) is 14.8. The third-order valence-electron chi connectivity index (χ3n) is 5.87. The fraction of sp³-hybridized carbons (Fsp3) is 0.440. The molecule has 1 aliphatic rings. The number of amides is 2. The summed E-state index contributed by atoms with van der Waals surface area (Å²) in [7, 11) is -4.03. The van der Waals surface area contributed by atoms with E-state index in [1.807, 2.05) is 20.1 Å². The summed E-state index contributed by atoms with van der Waals surface area (Å²) in [5.74, 6) is 0.348. The lowest BCUT2D eigenvalue weighted by Gasteiger charge is -2.30. The van der Waals surface area contributed by atoms with Crippen molar-refractivity contribution < 1.29 is 18.0 Å². The molecule has 0 atom stereocenters. The number of benzene rings is 2. The van der Waals surface area contributed by atoms with Gasteiger partial charge in [-0.05, 0) is 61.3 Å². The van der Waals surface area contributed by atoms with E-state index in [4.69, 9.17) is 0 Å². The first-order valence-electron chi connectivity index (χ1n) is 11.5. The number of hydrogen-bond donors (Lipinski definition) is 2. The maximum Gasteiger partial charge on any atom is 0.261 e. The van der Waals surface area contributed by atoms with Crippen LogP contribution in [0.15, 0.2) is 52.3 Å². The molecule has 1 aliphatic heterocycles. The van der Waals surface area contributed by atoms with Crippen LogP contribution < -0.4 is 10.0 Å². The number of hydrogen-bond acceptors (Lipinski definition) is 5. The Kier molecular flexibility index (Phi) is 8.65. The fourth-order valence-corrected chi connectivity index (χ4v) is 5.45. The van der Waals surface area contributed by atoms with E-state index >= 15 is 0 Å². The minimum Gasteiger partial charge on any atom is -0.352 e. The number of para-hydroxylation sites is 1. The molecule has 0 spiro atoms. The van der Waals surface area contributed by atoms with Crippen LogP contribution in [-0.2, 0) is 10.0 Å². The quantitative estimate of drug-likeness (QED) is 0.519. The Morgan fingerprint density at radius 1 is 1.09 bits per heavy atom. The van der Waals surface area contributed by atoms with E-state index in [-0.39, 0.29) is 33.9 Å². The van der Waals surface area contributed by atoms with Crippen molar-refractivity contribution in [1.29, 1.82) is 0 Å². The van der Waals surface area contributed by atoms with Crippen LogP contribution in [0.1, 0.15) is 54.3 Å². The van der Waals surface area contributed by atoms with E-state index in [2.05, 4.69) is 17.0 Å². The van der Waals surface area contributed by atoms with Gasteiger partial charge in [-0.3, -0.25) is 14.3 Å². The van der Waals surface area contributed by atoms with Crippen molar-refractivity contribution in [3.8, 4) is 0 Å². The van der Waals surface area contributed by atoms with Gasteiger partial charge in [0.25, 0.3) is 21.8 Å². The van der Waals surface area contributed by atoms with E-state index in [1.54, 1.807) is 35.2 Å². The highest BCUT2D eigenvalue weighted by atomic mass is 32.2. The van der Waals surface area contributed by atoms with E-state index in [0.717, 1.165) is 17.7 Å². The third kappa shape index (κ3) is 6.33. The maximum absolute atomic E-state index is 13.3. The average Bonchev–Trinajstić information content (AvgIpc) is 2.82. The Bertz CT molecular complexity index is 1140. The van der Waals surface area contributed by atoms with Gasteiger partial charge in [-0.15, -0.1) is 11.8 Å². The molecule has 0 aliphatic carbocycles. The zero-order valence-electron chi connectivity index (χ0n) is 20.1. The number of carbonyl (C=O) groups is 2. The highest BCUT2D eigenvalue weighted by Gasteiger charge is 2.26. The van der Waals surface area contributed by atoms with Gasteiger partial charge >= 0.3 is 0 Å². The van der Waals surface area contributed by atoms with Crippen LogP contribution in [0.25, 0.3) is 0 Å². The van der Waals surface area contributed by atoms with Crippen molar-refractivity contribution in [2.24, 2.45) is 11.8 Å². The van der Waals surface area contributed by atoms with Crippen molar-refractivity contribution in [1.82, 2.24) is 10.2 Å². The Morgan fingerprint density at radius 2 is 1.76 bits per heavy atom. The van der Waals surface area contributed by atoms with E-state index in [0.29, 0.717) is 31.1 Å². The van der Waals surface area contributed by atoms with Gasteiger partial charge in [-0.25, -0.2) is 8.42 Å². The fourth-order valence-electron chi connectivity index (χ4n) is 3.77. The number of thioether (sulfide) groups is 1. The molecule has 1 heterocycles. The number of carbonyl (C=O) groups excluding carboxylic acids is 2. The second-order valence-corrected chi connectivity index (χ2v) is 11.6. The number of rotatable bonds is 8. The number of piperidine rings is 1. The van der Waals surface area contributed by atoms with E-state index in [1.165, 1.54) is 23.9 Å². The highest BCUT2D eigenvalue weighted by molar-refractivity contribution is 7.98. The van der Waals surface area contributed by atoms with Crippen molar-refractivity contribution in [3.63, 3.8) is 0 Å². The lowest BCUT2D eigenvalue weighted by atomic mass is 9.98. The molecule has 0 bridgehead atoms. The zero-order chi connectivity index (χ0) is 24.9. The molecule has 3 rings (SSSR count). The molecule has 0 unspecified atom stereocenters. The number of sulfonamides is 1. The van der Waals surface area contributed by atoms with Crippen molar-refractivity contribution in [2.45, 2.75) is 43.4 Å². The zero-order valence-corrected chi connectivity index (χ0v) is 21.8. The first kappa shape index (κ1) is 26.1. The van der Waals surface area contributed by atoms with Crippen molar-refractivity contribution in [3.05, 3.63) is 53.6 Å². The lowest BCUT2D eigenvalue weighted by Crippen LogP contribution is -2.38. The summed E-state index contributed by atoms with van der Waals surface area (Å²) in [4.78, 5) is 28.4. The largest absolute Gasteiger partial charge is 0.352 e. The minimum absolute atomic E-state index is 0.0172. The minimum atomic E-state index is -4.03. The van der Waals surface area contributed by atoms with Gasteiger partial charge in [0.15, 0.2) is 0 Å². The van der Waals surface area contributed by atoms with Crippen LogP contribution in [-0.4, -0.2) is 51.0 Å². The first-order valence-corrected chi connectivity index (χ1v) is 14.2. The van der Waals surface area contributed by atoms with Gasteiger partial charge in [-0.2, -0.15) is 0 Å². The van der Waals surface area contributed by atoms with Gasteiger partial charge in [-0.1, -0.05) is 32.9 Å². The van der Waals surface area contributed by atoms with Crippen LogP contribution in [0.4, 0.5) is 5.69 Å². The molecule has 34 heavy (non-hydrogen) atoms. The van der Waals surface area contributed by atoms with Crippen LogP contribution in [0.2, 0.25) is 0 Å². The summed E-state index contributed by atoms with van der Waals surface area (Å²) in [5.41, 5.74) is 0.815. The first-order chi connectivity index (χ1) is 16.1. The average molecular weight is 504 g/mol. The molecule has 2 aromatic carbocycles. The second kappa shape index (κ2) is 11.3. The highest BCUT2D eigenvalue weighted by Crippen LogP contribution is 2.28. The molecule has 0 aromatic heterocycles. The third-order valence-corrected chi connectivity index (χ3v) is 8.03. The molecule has 0 radical (unpaired) electrons. The van der Waals surface area contributed by atoms with Gasteiger partial charge in [0, 0.05) is 24.5 Å². The molecule has 1 saturated heterocycles. The van der Waals surface area contributed by atoms with Crippen LogP contribution in [0.3, 0.4) is 0 Å². The van der Waals surface area contributed by atoms with Gasteiger partial charge in [0.05, 0.1) is 21.7 Å². The summed E-state index contributed by atoms with van der Waals surface area (Å²) in [6, 6.07) is 11.1. The van der Waals surface area contributed by atoms with Gasteiger partial charge in [0.2, 0.25) is 0 Å². The van der Waals surface area contributed by atoms with Gasteiger partial charge < -0.3 is 10.2 Å². The maximum atomic E-state index is 13.3. The smallest absolute Gasteiger partial charge is 0.261 e. The summed E-state index contributed by atoms with van der Waals surface area (Å²) in [5, 5.41) is 2.82. The molecule has 0 saturated carbocycles. The number of anilines is 1. The summed E-state index contributed by atoms with van der Waals surface area (Å²) < 4.78 is 29.1. The van der Waals surface area contributed by atoms with Crippen molar-refractivity contribution >= 4 is 39.3 Å². The van der Waals surface area contributed by atoms with E-state index < -0.39 is 10.0 Å². The SMILES string of the molecule is CSc1ccc(S(=O)(=O)Nc2ccccc2C(=O)NCC(C)C)cc1C(=O)N1CCC(C)CC1. The van der Waals surface area contributed by atoms with Crippen LogP contribution in [0, 0.1) is 11.8 Å². The lowest BCUT2D eigenvalue weighted by molar-refractivity contribution is 0.0693. The Balaban J connectivity index is 1.88. The Hall–Kier alpha value is -2.52. The topological polar surface area (TPSA) is 95.6 Å². The molecule has 2 N–H and O–H groups in total. The van der Waals surface area contributed by atoms with Crippen LogP contribution >= 0.6 is 11.8 Å². The number of nitrogens with one attached hydrogen (secondary N) is 2. The molecule has 184 valence electrons. The summed E-state index contributed by atoms with van der Waals surface area (Å²) >= 11 is 1.41. The van der Waals surface area contributed by atoms with Crippen LogP contribution in [0.5, 0.6) is 0 Å². The second-order valence-electron chi connectivity index (χ2n) is 9.09. The number of likely N-dealkylation sites (tertiary alicyclic amines) is 1. The number of nitrogens with zero attached hydrogens (tertiary/aromatic N) is 1. The molecule has 9 heteroatoms. The molecule has 2 aromatic rings. The van der Waals surface area contributed by atoms with Crippen molar-refractivity contribution in [2.75, 3.05) is 30.6 Å². The Labute approximate surface area is 206 Å². The predicted molar refractivity (Wildman–Crippen MR) is 137 cm³/mol. The monoisotopic (exact) mass is 503 g/mol. The molecular weight excluding hydrogens is 470 g/mol. The van der Waals surface area contributed by atoms with E-state index in [9.17, 15) is 18.0 Å². The molecular formula is C25H33N3O4S2. The summed E-state index contributed by atoms with van der Waals surface area (Å²) in [6.07, 6.45) is 3.74. The molecule has 7 nitrogen and oxygen atoms in total. The molecule has 2 amide bonds. The Morgan fingerprint density at radius 3 is 2.41 bits per heavy atom. The standard InChI is InChI=1S/C25H33N3O4S2/c1-17(2)16-26-24(29)20-7-5-6-8-22(20)27-34(31,32)19-9-10-23(33-4)21(15-19)25(30)28-13-11-18(3)12-14-28/h5-10,15,17-18,27H,11-14,16H2,1-4H3,(H,26,29). The predicted octanol–water partition coefficient (Wildman–Crippen LogP) is 4.47.